The zero-order valence-corrected chi connectivity index (χ0v) is 13.5. The maximum atomic E-state index is 11.8. The van der Waals surface area contributed by atoms with Crippen molar-refractivity contribution in [2.45, 2.75) is 39.7 Å². The van der Waals surface area contributed by atoms with Gasteiger partial charge in [0.1, 0.15) is 5.75 Å². The van der Waals surface area contributed by atoms with Crippen LogP contribution in [0.15, 0.2) is 24.3 Å². The van der Waals surface area contributed by atoms with Crippen LogP contribution in [0.4, 0.5) is 15.3 Å². The number of nitrogens with one attached hydrogen (secondary N) is 1. The molecule has 1 aromatic carbocycles. The van der Waals surface area contributed by atoms with E-state index < -0.39 is 6.09 Å². The van der Waals surface area contributed by atoms with Gasteiger partial charge in [0.2, 0.25) is 0 Å². The normalized spacial score (nSPS) is 11.6. The predicted octanol–water partition coefficient (Wildman–Crippen LogP) is 3.84. The minimum absolute atomic E-state index is 0.0665. The van der Waals surface area contributed by atoms with Crippen LogP contribution < -0.4 is 15.0 Å². The molecule has 0 aliphatic heterocycles. The van der Waals surface area contributed by atoms with Gasteiger partial charge in [-0.05, 0) is 32.4 Å². The molecule has 0 aromatic heterocycles. The number of thiol groups is 1. The number of ether oxygens (including phenoxy) is 1. The zero-order valence-electron chi connectivity index (χ0n) is 12.6. The van der Waals surface area contributed by atoms with Gasteiger partial charge in [0, 0.05) is 24.3 Å². The van der Waals surface area contributed by atoms with Gasteiger partial charge in [-0.1, -0.05) is 32.0 Å². The van der Waals surface area contributed by atoms with E-state index in [9.17, 15) is 9.59 Å². The summed E-state index contributed by atoms with van der Waals surface area (Å²) < 4.78 is 5.23. The first-order chi connectivity index (χ1) is 9.97. The standard InChI is InChI=1S/C15H22N2O3S/c1-4-7-11(3)16-14(18)20-13-9-6-8-12(10-13)17(5-2)15(19)21/h6,8-11H,4-5,7H2,1-3H3,(H,16,18)(H,19,21). The Morgan fingerprint density at radius 2 is 2.10 bits per heavy atom. The Balaban J connectivity index is 2.72. The number of benzene rings is 1. The fourth-order valence-corrected chi connectivity index (χ4v) is 2.24. The van der Waals surface area contributed by atoms with Crippen molar-refractivity contribution < 1.29 is 14.3 Å². The predicted molar refractivity (Wildman–Crippen MR) is 87.4 cm³/mol. The number of amides is 2. The quantitative estimate of drug-likeness (QED) is 0.785. The topological polar surface area (TPSA) is 58.6 Å². The molecule has 6 heteroatoms. The molecule has 0 aliphatic rings. The number of hydrogen-bond donors (Lipinski definition) is 2. The van der Waals surface area contributed by atoms with E-state index >= 15 is 0 Å². The summed E-state index contributed by atoms with van der Waals surface area (Å²) in [5.41, 5.74) is 0.643. The second kappa shape index (κ2) is 8.56. The van der Waals surface area contributed by atoms with E-state index in [1.54, 1.807) is 24.3 Å². The highest BCUT2D eigenvalue weighted by molar-refractivity contribution is 7.96. The molecule has 0 spiro atoms. The highest BCUT2D eigenvalue weighted by Gasteiger charge is 2.12. The van der Waals surface area contributed by atoms with Crippen LogP contribution in [0.1, 0.15) is 33.6 Å². The molecule has 21 heavy (non-hydrogen) atoms. The van der Waals surface area contributed by atoms with Gasteiger partial charge in [0.15, 0.2) is 0 Å². The lowest BCUT2D eigenvalue weighted by molar-refractivity contribution is 0.196. The molecule has 1 N–H and O–H groups in total. The second-order valence-corrected chi connectivity index (χ2v) is 5.13. The number of hydrogen-bond acceptors (Lipinski definition) is 3. The van der Waals surface area contributed by atoms with Crippen molar-refractivity contribution in [3.05, 3.63) is 24.3 Å². The highest BCUT2D eigenvalue weighted by Crippen LogP contribution is 2.22. The summed E-state index contributed by atoms with van der Waals surface area (Å²) in [6.07, 6.45) is 1.40. The SMILES string of the molecule is CCCC(C)NC(=O)Oc1cccc(N(CC)C(=O)S)c1. The first-order valence-electron chi connectivity index (χ1n) is 7.06. The first-order valence-corrected chi connectivity index (χ1v) is 7.51. The van der Waals surface area contributed by atoms with Crippen molar-refractivity contribution in [2.75, 3.05) is 11.4 Å². The van der Waals surface area contributed by atoms with Crippen LogP contribution in [-0.4, -0.2) is 23.9 Å². The lowest BCUT2D eigenvalue weighted by atomic mass is 10.2. The molecule has 5 nitrogen and oxygen atoms in total. The molecular formula is C15H22N2O3S. The lowest BCUT2D eigenvalue weighted by Crippen LogP contribution is -2.34. The van der Waals surface area contributed by atoms with Crippen LogP contribution in [0.25, 0.3) is 0 Å². The number of rotatable bonds is 6. The largest absolute Gasteiger partial charge is 0.412 e. The van der Waals surface area contributed by atoms with E-state index in [1.807, 2.05) is 13.8 Å². The van der Waals surface area contributed by atoms with Gasteiger partial charge in [-0.3, -0.25) is 4.79 Å². The average Bonchev–Trinajstić information content (AvgIpc) is 2.39. The number of anilines is 1. The monoisotopic (exact) mass is 310 g/mol. The molecule has 0 radical (unpaired) electrons. The molecule has 1 aromatic rings. The van der Waals surface area contributed by atoms with Crippen LogP contribution >= 0.6 is 12.6 Å². The van der Waals surface area contributed by atoms with Crippen LogP contribution in [0, 0.1) is 0 Å². The van der Waals surface area contributed by atoms with Gasteiger partial charge in [-0.25, -0.2) is 4.79 Å². The summed E-state index contributed by atoms with van der Waals surface area (Å²) in [7, 11) is 0. The third-order valence-electron chi connectivity index (χ3n) is 2.97. The summed E-state index contributed by atoms with van der Waals surface area (Å²) >= 11 is 3.82. The Morgan fingerprint density at radius 3 is 2.67 bits per heavy atom. The summed E-state index contributed by atoms with van der Waals surface area (Å²) in [5, 5.41) is 2.41. The van der Waals surface area contributed by atoms with Crippen molar-refractivity contribution in [1.82, 2.24) is 5.32 Å². The van der Waals surface area contributed by atoms with E-state index in [0.29, 0.717) is 18.0 Å². The zero-order chi connectivity index (χ0) is 15.8. The number of carbonyl (C=O) groups excluding carboxylic acids is 2. The Kier molecular flexibility index (Phi) is 7.08. The van der Waals surface area contributed by atoms with Crippen molar-refractivity contribution in [1.29, 1.82) is 0 Å². The Morgan fingerprint density at radius 1 is 1.38 bits per heavy atom. The third-order valence-corrected chi connectivity index (χ3v) is 3.21. The molecule has 0 heterocycles. The summed E-state index contributed by atoms with van der Waals surface area (Å²) in [4.78, 5) is 24.6. The second-order valence-electron chi connectivity index (χ2n) is 4.75. The molecule has 1 rings (SSSR count). The van der Waals surface area contributed by atoms with Crippen LogP contribution in [0.3, 0.4) is 0 Å². The highest BCUT2D eigenvalue weighted by atomic mass is 32.1. The van der Waals surface area contributed by atoms with Crippen molar-refractivity contribution >= 4 is 29.6 Å². The molecule has 116 valence electrons. The number of carbonyl (C=O) groups is 2. The Labute approximate surface area is 131 Å². The number of nitrogens with zero attached hydrogens (tertiary/aromatic N) is 1. The minimum Gasteiger partial charge on any atom is -0.410 e. The molecule has 0 fully saturated rings. The van der Waals surface area contributed by atoms with Gasteiger partial charge in [-0.2, -0.15) is 0 Å². The van der Waals surface area contributed by atoms with Gasteiger partial charge in [0.05, 0.1) is 0 Å². The fourth-order valence-electron chi connectivity index (χ4n) is 1.99. The summed E-state index contributed by atoms with van der Waals surface area (Å²) in [6.45, 7) is 6.33. The molecule has 1 atom stereocenters. The van der Waals surface area contributed by atoms with Gasteiger partial charge in [0.25, 0.3) is 5.24 Å². The van der Waals surface area contributed by atoms with Gasteiger partial charge < -0.3 is 15.0 Å². The molecule has 0 bridgehead atoms. The minimum atomic E-state index is -0.492. The third kappa shape index (κ3) is 5.67. The summed E-state index contributed by atoms with van der Waals surface area (Å²) in [5.74, 6) is 0.390. The van der Waals surface area contributed by atoms with E-state index in [-0.39, 0.29) is 11.3 Å². The van der Waals surface area contributed by atoms with Crippen LogP contribution in [-0.2, 0) is 0 Å². The maximum absolute atomic E-state index is 11.8. The van der Waals surface area contributed by atoms with Crippen LogP contribution in [0.2, 0.25) is 0 Å². The van der Waals surface area contributed by atoms with E-state index in [0.717, 1.165) is 12.8 Å². The molecule has 0 aliphatic carbocycles. The maximum Gasteiger partial charge on any atom is 0.412 e. The van der Waals surface area contributed by atoms with E-state index in [1.165, 1.54) is 4.90 Å². The van der Waals surface area contributed by atoms with Crippen LogP contribution in [0.5, 0.6) is 5.75 Å². The molecular weight excluding hydrogens is 288 g/mol. The molecule has 0 saturated heterocycles. The van der Waals surface area contributed by atoms with Crippen molar-refractivity contribution in [2.24, 2.45) is 0 Å². The van der Waals surface area contributed by atoms with E-state index in [2.05, 4.69) is 24.9 Å². The Bertz CT molecular complexity index is 494. The first kappa shape index (κ1) is 17.4. The van der Waals surface area contributed by atoms with Crippen molar-refractivity contribution in [3.63, 3.8) is 0 Å². The van der Waals surface area contributed by atoms with Gasteiger partial charge in [-0.15, -0.1) is 0 Å². The summed E-state index contributed by atoms with van der Waals surface area (Å²) in [6, 6.07) is 6.87. The average molecular weight is 310 g/mol. The van der Waals surface area contributed by atoms with Gasteiger partial charge >= 0.3 is 6.09 Å². The van der Waals surface area contributed by atoms with Crippen molar-refractivity contribution in [3.8, 4) is 5.75 Å². The molecule has 2 amide bonds. The fraction of sp³-hybridized carbons (Fsp3) is 0.467. The van der Waals surface area contributed by atoms with E-state index in [4.69, 9.17) is 4.74 Å². The lowest BCUT2D eigenvalue weighted by Gasteiger charge is -2.19. The molecule has 0 saturated carbocycles. The molecule has 1 unspecified atom stereocenters. The Hall–Kier alpha value is -1.69. The smallest absolute Gasteiger partial charge is 0.410 e.